The van der Waals surface area contributed by atoms with Crippen LogP contribution in [0.25, 0.3) is 0 Å². The highest BCUT2D eigenvalue weighted by Gasteiger charge is 2.22. The minimum atomic E-state index is -0.197. The quantitative estimate of drug-likeness (QED) is 0.615. The first-order valence-corrected chi connectivity index (χ1v) is 10.4. The van der Waals surface area contributed by atoms with E-state index in [0.717, 1.165) is 34.6 Å². The summed E-state index contributed by atoms with van der Waals surface area (Å²) in [5.74, 6) is 1.45. The van der Waals surface area contributed by atoms with E-state index in [-0.39, 0.29) is 12.0 Å². The summed E-state index contributed by atoms with van der Waals surface area (Å²) in [4.78, 5) is 12.6. The number of benzene rings is 2. The molecule has 0 bridgehead atoms. The zero-order chi connectivity index (χ0) is 21.1. The number of amides is 1. The molecule has 1 N–H and O–H groups in total. The molecule has 0 aliphatic carbocycles. The van der Waals surface area contributed by atoms with Crippen LogP contribution < -0.4 is 14.8 Å². The van der Waals surface area contributed by atoms with Crippen molar-refractivity contribution in [3.63, 3.8) is 0 Å². The zero-order valence-electron chi connectivity index (χ0n) is 17.0. The molecule has 30 heavy (non-hydrogen) atoms. The lowest BCUT2D eigenvalue weighted by atomic mass is 10.1. The van der Waals surface area contributed by atoms with Crippen molar-refractivity contribution in [3.05, 3.63) is 76.1 Å². The molecule has 0 fully saturated rings. The summed E-state index contributed by atoms with van der Waals surface area (Å²) in [5.41, 5.74) is 3.47. The van der Waals surface area contributed by atoms with Crippen molar-refractivity contribution >= 4 is 17.5 Å². The first kappa shape index (κ1) is 20.3. The number of rotatable bonds is 7. The zero-order valence-corrected chi connectivity index (χ0v) is 17.8. The monoisotopic (exact) mass is 425 g/mol. The number of fused-ring (bicyclic) bond motifs is 1. The molecule has 1 aromatic heterocycles. The lowest BCUT2D eigenvalue weighted by Crippen LogP contribution is -2.22. The summed E-state index contributed by atoms with van der Waals surface area (Å²) in [5, 5.41) is 7.91. The predicted octanol–water partition coefficient (Wildman–Crippen LogP) is 4.24. The van der Waals surface area contributed by atoms with Crippen LogP contribution in [0.3, 0.4) is 0 Å². The standard InChI is InChI=1S/C23H24ClN3O3/c1-3-29-21-9-17-8-15(2)30-22(17)10-18(21)11-25-23(28)19-12-26-27(14-19)13-16-6-4-5-7-20(16)24/h4-7,9-10,12,14-15H,3,8,11,13H2,1-2H3,(H,25,28). The van der Waals surface area contributed by atoms with Crippen LogP contribution in [0.2, 0.25) is 5.02 Å². The number of nitrogens with one attached hydrogen (secondary N) is 1. The van der Waals surface area contributed by atoms with Crippen molar-refractivity contribution in [1.29, 1.82) is 0 Å². The summed E-state index contributed by atoms with van der Waals surface area (Å²) in [6.45, 7) is 5.39. The number of halogens is 1. The van der Waals surface area contributed by atoms with E-state index < -0.39 is 0 Å². The Morgan fingerprint density at radius 2 is 2.17 bits per heavy atom. The van der Waals surface area contributed by atoms with Crippen LogP contribution in [-0.2, 0) is 19.5 Å². The van der Waals surface area contributed by atoms with Gasteiger partial charge in [0.15, 0.2) is 0 Å². The van der Waals surface area contributed by atoms with E-state index in [2.05, 4.69) is 10.4 Å². The highest BCUT2D eigenvalue weighted by molar-refractivity contribution is 6.31. The molecule has 0 spiro atoms. The molecule has 6 nitrogen and oxygen atoms in total. The van der Waals surface area contributed by atoms with Gasteiger partial charge in [0.1, 0.15) is 17.6 Å². The largest absolute Gasteiger partial charge is 0.494 e. The van der Waals surface area contributed by atoms with Gasteiger partial charge in [-0.25, -0.2) is 0 Å². The van der Waals surface area contributed by atoms with Crippen molar-refractivity contribution < 1.29 is 14.3 Å². The second kappa shape index (κ2) is 8.79. The van der Waals surface area contributed by atoms with Crippen molar-refractivity contribution in [2.24, 2.45) is 0 Å². The van der Waals surface area contributed by atoms with Gasteiger partial charge < -0.3 is 14.8 Å². The summed E-state index contributed by atoms with van der Waals surface area (Å²) < 4.78 is 13.3. The van der Waals surface area contributed by atoms with Crippen LogP contribution in [-0.4, -0.2) is 28.4 Å². The maximum absolute atomic E-state index is 12.6. The number of ether oxygens (including phenoxy) is 2. The van der Waals surface area contributed by atoms with Gasteiger partial charge in [0.05, 0.1) is 24.9 Å². The number of carbonyl (C=O) groups is 1. The van der Waals surface area contributed by atoms with Crippen molar-refractivity contribution in [2.45, 2.75) is 39.5 Å². The van der Waals surface area contributed by atoms with E-state index in [0.29, 0.717) is 30.3 Å². The molecule has 2 heterocycles. The third-order valence-electron chi connectivity index (χ3n) is 5.00. The summed E-state index contributed by atoms with van der Waals surface area (Å²) in [7, 11) is 0. The molecule has 1 atom stereocenters. The summed E-state index contributed by atoms with van der Waals surface area (Å²) in [6.07, 6.45) is 4.30. The minimum Gasteiger partial charge on any atom is -0.494 e. The predicted molar refractivity (Wildman–Crippen MR) is 115 cm³/mol. The van der Waals surface area contributed by atoms with Gasteiger partial charge in [-0.2, -0.15) is 5.10 Å². The molecule has 1 amide bonds. The van der Waals surface area contributed by atoms with Gasteiger partial charge >= 0.3 is 0 Å². The van der Waals surface area contributed by atoms with E-state index in [1.807, 2.05) is 50.2 Å². The molecule has 156 valence electrons. The molecule has 1 aliphatic heterocycles. The van der Waals surface area contributed by atoms with Gasteiger partial charge in [0.2, 0.25) is 0 Å². The molecule has 4 rings (SSSR count). The van der Waals surface area contributed by atoms with Gasteiger partial charge in [0, 0.05) is 35.3 Å². The molecule has 0 saturated heterocycles. The topological polar surface area (TPSA) is 65.4 Å². The van der Waals surface area contributed by atoms with Crippen LogP contribution in [0.5, 0.6) is 11.5 Å². The third kappa shape index (κ3) is 4.44. The number of hydrogen-bond acceptors (Lipinski definition) is 4. The average molecular weight is 426 g/mol. The first-order valence-electron chi connectivity index (χ1n) is 10.0. The SMILES string of the molecule is CCOc1cc2c(cc1CNC(=O)c1cnn(Cc3ccccc3Cl)c1)OC(C)C2. The van der Waals surface area contributed by atoms with Gasteiger partial charge in [-0.1, -0.05) is 29.8 Å². The molecule has 1 unspecified atom stereocenters. The smallest absolute Gasteiger partial charge is 0.254 e. The fourth-order valence-electron chi connectivity index (χ4n) is 3.56. The summed E-state index contributed by atoms with van der Waals surface area (Å²) in [6, 6.07) is 11.6. The lowest BCUT2D eigenvalue weighted by Gasteiger charge is -2.13. The van der Waals surface area contributed by atoms with Crippen LogP contribution >= 0.6 is 11.6 Å². The van der Waals surface area contributed by atoms with Crippen LogP contribution in [0, 0.1) is 0 Å². The Bertz CT molecular complexity index is 1060. The molecule has 1 aliphatic rings. The van der Waals surface area contributed by atoms with E-state index >= 15 is 0 Å². The second-order valence-corrected chi connectivity index (χ2v) is 7.74. The minimum absolute atomic E-state index is 0.156. The van der Waals surface area contributed by atoms with Gasteiger partial charge in [-0.15, -0.1) is 0 Å². The fraction of sp³-hybridized carbons (Fsp3) is 0.304. The Morgan fingerprint density at radius 3 is 2.97 bits per heavy atom. The fourth-order valence-corrected chi connectivity index (χ4v) is 3.75. The Labute approximate surface area is 180 Å². The third-order valence-corrected chi connectivity index (χ3v) is 5.37. The van der Waals surface area contributed by atoms with Gasteiger partial charge in [0.25, 0.3) is 5.91 Å². The number of hydrogen-bond donors (Lipinski definition) is 1. The van der Waals surface area contributed by atoms with E-state index in [1.165, 1.54) is 0 Å². The number of carbonyl (C=O) groups excluding carboxylic acids is 1. The molecule has 7 heteroatoms. The van der Waals surface area contributed by atoms with Crippen LogP contribution in [0.15, 0.2) is 48.8 Å². The molecule has 3 aromatic rings. The Kier molecular flexibility index (Phi) is 5.95. The molecule has 0 saturated carbocycles. The maximum atomic E-state index is 12.6. The van der Waals surface area contributed by atoms with Crippen molar-refractivity contribution in [3.8, 4) is 11.5 Å². The molecule has 0 radical (unpaired) electrons. The number of aromatic nitrogens is 2. The Hall–Kier alpha value is -2.99. The van der Waals surface area contributed by atoms with E-state index in [9.17, 15) is 4.79 Å². The molecular formula is C23H24ClN3O3. The van der Waals surface area contributed by atoms with Crippen molar-refractivity contribution in [1.82, 2.24) is 15.1 Å². The maximum Gasteiger partial charge on any atom is 0.254 e. The molecular weight excluding hydrogens is 402 g/mol. The first-order chi connectivity index (χ1) is 14.5. The highest BCUT2D eigenvalue weighted by atomic mass is 35.5. The lowest BCUT2D eigenvalue weighted by molar-refractivity contribution is 0.0950. The number of nitrogens with zero attached hydrogens (tertiary/aromatic N) is 2. The average Bonchev–Trinajstić information content (AvgIpc) is 3.33. The van der Waals surface area contributed by atoms with Crippen molar-refractivity contribution in [2.75, 3.05) is 6.61 Å². The van der Waals surface area contributed by atoms with E-state index in [1.54, 1.807) is 17.1 Å². The van der Waals surface area contributed by atoms with Crippen LogP contribution in [0.4, 0.5) is 0 Å². The van der Waals surface area contributed by atoms with Gasteiger partial charge in [-0.05, 0) is 37.6 Å². The van der Waals surface area contributed by atoms with E-state index in [4.69, 9.17) is 21.1 Å². The highest BCUT2D eigenvalue weighted by Crippen LogP contribution is 2.35. The Morgan fingerprint density at radius 1 is 1.33 bits per heavy atom. The second-order valence-electron chi connectivity index (χ2n) is 7.33. The Balaban J connectivity index is 1.43. The van der Waals surface area contributed by atoms with Crippen LogP contribution in [0.1, 0.15) is 40.9 Å². The normalized spacial score (nSPS) is 14.8. The molecule has 2 aromatic carbocycles. The van der Waals surface area contributed by atoms with Gasteiger partial charge in [-0.3, -0.25) is 9.48 Å². The summed E-state index contributed by atoms with van der Waals surface area (Å²) >= 11 is 6.21.